The van der Waals surface area contributed by atoms with Crippen LogP contribution in [0.15, 0.2) is 42.5 Å². The zero-order chi connectivity index (χ0) is 13.1. The molecule has 0 unspecified atom stereocenters. The van der Waals surface area contributed by atoms with Crippen molar-refractivity contribution in [2.45, 2.75) is 6.43 Å². The molecule has 0 aromatic heterocycles. The first kappa shape index (κ1) is 12.7. The number of carbonyl (C=O) groups is 1. The molecule has 92 valence electrons. The summed E-state index contributed by atoms with van der Waals surface area (Å²) >= 11 is 5.91. The Hall–Kier alpha value is -1.74. The van der Waals surface area contributed by atoms with E-state index in [9.17, 15) is 13.6 Å². The number of rotatable bonds is 3. The lowest BCUT2D eigenvalue weighted by Gasteiger charge is -2.05. The van der Waals surface area contributed by atoms with Gasteiger partial charge >= 0.3 is 0 Å². The lowest BCUT2D eigenvalue weighted by molar-refractivity contribution is 0.112. The fourth-order valence-electron chi connectivity index (χ4n) is 1.62. The molecule has 0 aliphatic heterocycles. The van der Waals surface area contributed by atoms with Gasteiger partial charge in [0, 0.05) is 11.1 Å². The van der Waals surface area contributed by atoms with Crippen LogP contribution >= 0.6 is 11.6 Å². The van der Waals surface area contributed by atoms with Crippen molar-refractivity contribution >= 4 is 17.9 Å². The maximum Gasteiger partial charge on any atom is 0.263 e. The van der Waals surface area contributed by atoms with Gasteiger partial charge in [-0.3, -0.25) is 4.79 Å². The third-order valence-corrected chi connectivity index (χ3v) is 2.95. The minimum Gasteiger partial charge on any atom is -0.298 e. The molecule has 0 amide bonds. The Morgan fingerprint density at radius 3 is 2.11 bits per heavy atom. The van der Waals surface area contributed by atoms with Gasteiger partial charge in [-0.05, 0) is 23.3 Å². The highest BCUT2D eigenvalue weighted by atomic mass is 35.5. The molecule has 0 spiro atoms. The van der Waals surface area contributed by atoms with E-state index in [1.54, 1.807) is 30.3 Å². The molecule has 0 fully saturated rings. The summed E-state index contributed by atoms with van der Waals surface area (Å²) < 4.78 is 24.8. The van der Waals surface area contributed by atoms with E-state index in [0.29, 0.717) is 16.9 Å². The van der Waals surface area contributed by atoms with Crippen LogP contribution in [0.2, 0.25) is 5.02 Å². The van der Waals surface area contributed by atoms with Gasteiger partial charge in [0.25, 0.3) is 6.43 Å². The fraction of sp³-hybridized carbons (Fsp3) is 0.0714. The summed E-state index contributed by atoms with van der Waals surface area (Å²) in [4.78, 5) is 10.6. The summed E-state index contributed by atoms with van der Waals surface area (Å²) in [6.45, 7) is 0. The molecule has 4 heteroatoms. The maximum absolute atomic E-state index is 12.4. The predicted molar refractivity (Wildman–Crippen MR) is 67.2 cm³/mol. The minimum absolute atomic E-state index is 0.0191. The smallest absolute Gasteiger partial charge is 0.263 e. The average molecular weight is 267 g/mol. The third-order valence-electron chi connectivity index (χ3n) is 2.62. The zero-order valence-corrected chi connectivity index (χ0v) is 9.99. The van der Waals surface area contributed by atoms with Crippen LogP contribution in [0.4, 0.5) is 8.78 Å². The first-order valence-corrected chi connectivity index (χ1v) is 5.63. The monoisotopic (exact) mass is 266 g/mol. The number of aldehydes is 1. The SMILES string of the molecule is O=Cc1ccc(-c2ccc(C(F)F)cc2)cc1Cl. The van der Waals surface area contributed by atoms with Gasteiger partial charge in [0.2, 0.25) is 0 Å². The van der Waals surface area contributed by atoms with Gasteiger partial charge in [0.15, 0.2) is 6.29 Å². The van der Waals surface area contributed by atoms with E-state index in [0.717, 1.165) is 11.1 Å². The van der Waals surface area contributed by atoms with Gasteiger partial charge in [-0.2, -0.15) is 0 Å². The molecule has 0 saturated heterocycles. The van der Waals surface area contributed by atoms with Crippen molar-refractivity contribution in [1.29, 1.82) is 0 Å². The molecule has 18 heavy (non-hydrogen) atoms. The van der Waals surface area contributed by atoms with Gasteiger partial charge in [0.1, 0.15) is 0 Å². The molecule has 2 aromatic rings. The van der Waals surface area contributed by atoms with Crippen molar-refractivity contribution in [3.05, 3.63) is 58.6 Å². The van der Waals surface area contributed by atoms with E-state index in [2.05, 4.69) is 0 Å². The van der Waals surface area contributed by atoms with Gasteiger partial charge in [-0.1, -0.05) is 41.9 Å². The topological polar surface area (TPSA) is 17.1 Å². The Kier molecular flexibility index (Phi) is 3.72. The van der Waals surface area contributed by atoms with Crippen LogP contribution in [0, 0.1) is 0 Å². The van der Waals surface area contributed by atoms with Crippen LogP contribution < -0.4 is 0 Å². The molecular weight excluding hydrogens is 258 g/mol. The van der Waals surface area contributed by atoms with E-state index in [4.69, 9.17) is 11.6 Å². The molecule has 0 saturated carbocycles. The summed E-state index contributed by atoms with van der Waals surface area (Å²) in [5, 5.41) is 0.348. The first-order valence-electron chi connectivity index (χ1n) is 5.25. The quantitative estimate of drug-likeness (QED) is 0.732. The standard InChI is InChI=1S/C14H9ClF2O/c15-13-7-11(5-6-12(13)8-18)9-1-3-10(4-2-9)14(16)17/h1-8,14H. The van der Waals surface area contributed by atoms with E-state index in [1.165, 1.54) is 12.1 Å². The first-order chi connectivity index (χ1) is 8.61. The summed E-state index contributed by atoms with van der Waals surface area (Å²) in [6.07, 6.45) is -1.80. The summed E-state index contributed by atoms with van der Waals surface area (Å²) in [5.41, 5.74) is 1.95. The van der Waals surface area contributed by atoms with E-state index in [-0.39, 0.29) is 5.56 Å². The summed E-state index contributed by atoms with van der Waals surface area (Å²) in [7, 11) is 0. The van der Waals surface area contributed by atoms with Crippen molar-refractivity contribution in [3.8, 4) is 11.1 Å². The van der Waals surface area contributed by atoms with Crippen molar-refractivity contribution in [3.63, 3.8) is 0 Å². The predicted octanol–water partition coefficient (Wildman–Crippen LogP) is 4.76. The van der Waals surface area contributed by atoms with Crippen LogP contribution in [-0.2, 0) is 0 Å². The molecule has 1 nitrogen and oxygen atoms in total. The Labute approximate surface area is 108 Å². The van der Waals surface area contributed by atoms with Gasteiger partial charge in [-0.15, -0.1) is 0 Å². The molecule has 0 N–H and O–H groups in total. The summed E-state index contributed by atoms with van der Waals surface area (Å²) in [5.74, 6) is 0. The van der Waals surface area contributed by atoms with Gasteiger partial charge < -0.3 is 0 Å². The fourth-order valence-corrected chi connectivity index (χ4v) is 1.85. The van der Waals surface area contributed by atoms with Crippen LogP contribution in [0.5, 0.6) is 0 Å². The van der Waals surface area contributed by atoms with Crippen LogP contribution in [0.1, 0.15) is 22.3 Å². The highest BCUT2D eigenvalue weighted by Gasteiger charge is 2.07. The lowest BCUT2D eigenvalue weighted by atomic mass is 10.0. The van der Waals surface area contributed by atoms with Gasteiger partial charge in [-0.25, -0.2) is 8.78 Å². The molecule has 0 heterocycles. The second kappa shape index (κ2) is 5.27. The largest absolute Gasteiger partial charge is 0.298 e. The Morgan fingerprint density at radius 2 is 1.61 bits per heavy atom. The highest BCUT2D eigenvalue weighted by molar-refractivity contribution is 6.33. The van der Waals surface area contributed by atoms with E-state index in [1.807, 2.05) is 0 Å². The molecular formula is C14H9ClF2O. The Morgan fingerprint density at radius 1 is 1.00 bits per heavy atom. The molecule has 0 bridgehead atoms. The highest BCUT2D eigenvalue weighted by Crippen LogP contribution is 2.27. The summed E-state index contributed by atoms with van der Waals surface area (Å²) in [6, 6.07) is 10.9. The van der Waals surface area contributed by atoms with Crippen molar-refractivity contribution in [2.24, 2.45) is 0 Å². The van der Waals surface area contributed by atoms with E-state index >= 15 is 0 Å². The second-order valence-corrected chi connectivity index (χ2v) is 4.18. The van der Waals surface area contributed by atoms with E-state index < -0.39 is 6.43 Å². The van der Waals surface area contributed by atoms with Crippen LogP contribution in [0.25, 0.3) is 11.1 Å². The maximum atomic E-state index is 12.4. The number of hydrogen-bond donors (Lipinski definition) is 0. The molecule has 0 atom stereocenters. The lowest BCUT2D eigenvalue weighted by Crippen LogP contribution is -1.86. The number of carbonyl (C=O) groups excluding carboxylic acids is 1. The normalized spacial score (nSPS) is 10.7. The van der Waals surface area contributed by atoms with Crippen molar-refractivity contribution < 1.29 is 13.6 Å². The number of benzene rings is 2. The Bertz CT molecular complexity index is 565. The number of hydrogen-bond acceptors (Lipinski definition) is 1. The number of alkyl halides is 2. The van der Waals surface area contributed by atoms with Gasteiger partial charge in [0.05, 0.1) is 5.02 Å². The average Bonchev–Trinajstić information content (AvgIpc) is 2.38. The van der Waals surface area contributed by atoms with Crippen molar-refractivity contribution in [1.82, 2.24) is 0 Å². The van der Waals surface area contributed by atoms with Crippen LogP contribution in [-0.4, -0.2) is 6.29 Å². The molecule has 2 rings (SSSR count). The second-order valence-electron chi connectivity index (χ2n) is 3.78. The van der Waals surface area contributed by atoms with Crippen molar-refractivity contribution in [2.75, 3.05) is 0 Å². The molecule has 0 radical (unpaired) electrons. The molecule has 0 aliphatic carbocycles. The third kappa shape index (κ3) is 2.57. The number of halogens is 3. The molecule has 2 aromatic carbocycles. The zero-order valence-electron chi connectivity index (χ0n) is 9.24. The Balaban J connectivity index is 2.36. The molecule has 0 aliphatic rings. The minimum atomic E-state index is -2.47. The van der Waals surface area contributed by atoms with Crippen LogP contribution in [0.3, 0.4) is 0 Å².